The lowest BCUT2D eigenvalue weighted by Gasteiger charge is -2.53. The fourth-order valence-electron chi connectivity index (χ4n) is 6.58. The molecule has 0 aromatic carbocycles. The molecule has 2 spiro atoms. The monoisotopic (exact) mass is 514 g/mol. The van der Waals surface area contributed by atoms with Crippen LogP contribution < -0.4 is 10.2 Å². The van der Waals surface area contributed by atoms with Gasteiger partial charge in [-0.05, 0) is 57.8 Å². The molecule has 2 aliphatic heterocycles. The Hall–Kier alpha value is -1.84. The summed E-state index contributed by atoms with van der Waals surface area (Å²) in [4.78, 5) is 22.0. The number of aliphatic hydroxyl groups is 1. The first kappa shape index (κ1) is 22.4. The van der Waals surface area contributed by atoms with Gasteiger partial charge in [0.2, 0.25) is 5.95 Å². The SMILES string of the molecule is O=[S@@]1CC2(CC2)c2nc(N3CC4(CCC(c5ncc(Cl)cn5)CC4)C3)nc(NC3(CO)CCC3)c21. The van der Waals surface area contributed by atoms with Gasteiger partial charge < -0.3 is 15.3 Å². The van der Waals surface area contributed by atoms with Gasteiger partial charge in [0, 0.05) is 48.0 Å². The second kappa shape index (κ2) is 7.83. The molecule has 5 aliphatic rings. The normalized spacial score (nSPS) is 27.4. The van der Waals surface area contributed by atoms with Gasteiger partial charge in [-0.2, -0.15) is 4.98 Å². The predicted octanol–water partition coefficient (Wildman–Crippen LogP) is 3.56. The number of rotatable bonds is 5. The molecule has 2 aromatic heterocycles. The Balaban J connectivity index is 1.11. The van der Waals surface area contributed by atoms with Crippen molar-refractivity contribution >= 4 is 34.2 Å². The van der Waals surface area contributed by atoms with Crippen LogP contribution >= 0.6 is 11.6 Å². The van der Waals surface area contributed by atoms with E-state index >= 15 is 0 Å². The summed E-state index contributed by atoms with van der Waals surface area (Å²) in [5, 5.41) is 14.2. The molecule has 1 saturated heterocycles. The van der Waals surface area contributed by atoms with Gasteiger partial charge in [-0.1, -0.05) is 11.6 Å². The molecule has 8 nitrogen and oxygen atoms in total. The van der Waals surface area contributed by atoms with Crippen molar-refractivity contribution in [1.82, 2.24) is 19.9 Å². The predicted molar refractivity (Wildman–Crippen MR) is 134 cm³/mol. The number of fused-ring (bicyclic) bond motifs is 2. The molecule has 4 heterocycles. The fourth-order valence-corrected chi connectivity index (χ4v) is 8.54. The third-order valence-electron chi connectivity index (χ3n) is 9.23. The van der Waals surface area contributed by atoms with E-state index in [0.29, 0.717) is 27.9 Å². The smallest absolute Gasteiger partial charge is 0.227 e. The first-order valence-electron chi connectivity index (χ1n) is 12.8. The third-order valence-corrected chi connectivity index (χ3v) is 11.1. The molecule has 2 aromatic rings. The van der Waals surface area contributed by atoms with Crippen LogP contribution in [-0.4, -0.2) is 60.2 Å². The van der Waals surface area contributed by atoms with Crippen molar-refractivity contribution in [2.45, 2.75) is 79.6 Å². The Kier molecular flexibility index (Phi) is 5.00. The van der Waals surface area contributed by atoms with Crippen molar-refractivity contribution in [2.75, 3.05) is 35.7 Å². The van der Waals surface area contributed by atoms with Gasteiger partial charge in [-0.25, -0.2) is 15.0 Å². The summed E-state index contributed by atoms with van der Waals surface area (Å²) >= 11 is 5.96. The van der Waals surface area contributed by atoms with E-state index in [1.807, 2.05) is 0 Å². The maximum absolute atomic E-state index is 13.1. The Morgan fingerprint density at radius 1 is 1.09 bits per heavy atom. The van der Waals surface area contributed by atoms with Crippen LogP contribution in [0.25, 0.3) is 0 Å². The highest BCUT2D eigenvalue weighted by atomic mass is 35.5. The number of aromatic nitrogens is 4. The minimum Gasteiger partial charge on any atom is -0.394 e. The van der Waals surface area contributed by atoms with Crippen LogP contribution in [0.15, 0.2) is 17.3 Å². The molecule has 7 rings (SSSR count). The number of nitrogens with one attached hydrogen (secondary N) is 1. The summed E-state index contributed by atoms with van der Waals surface area (Å²) in [5.41, 5.74) is 0.959. The number of hydrogen-bond acceptors (Lipinski definition) is 8. The molecule has 186 valence electrons. The molecule has 0 radical (unpaired) electrons. The number of halogens is 1. The average molecular weight is 515 g/mol. The van der Waals surface area contributed by atoms with E-state index in [-0.39, 0.29) is 17.6 Å². The van der Waals surface area contributed by atoms with E-state index in [0.717, 1.165) is 93.2 Å². The summed E-state index contributed by atoms with van der Waals surface area (Å²) in [7, 11) is -1.08. The van der Waals surface area contributed by atoms with Crippen molar-refractivity contribution in [3.8, 4) is 0 Å². The average Bonchev–Trinajstić information content (AvgIpc) is 3.54. The van der Waals surface area contributed by atoms with Crippen molar-refractivity contribution in [3.05, 3.63) is 28.9 Å². The second-order valence-corrected chi connectivity index (χ2v) is 13.5. The summed E-state index contributed by atoms with van der Waals surface area (Å²) in [6.07, 6.45) is 12.9. The minimum absolute atomic E-state index is 0.0144. The number of aliphatic hydroxyl groups excluding tert-OH is 1. The first-order valence-corrected chi connectivity index (χ1v) is 14.5. The molecule has 3 aliphatic carbocycles. The Morgan fingerprint density at radius 2 is 1.80 bits per heavy atom. The lowest BCUT2D eigenvalue weighted by molar-refractivity contribution is 0.124. The zero-order valence-corrected chi connectivity index (χ0v) is 21.4. The van der Waals surface area contributed by atoms with Crippen LogP contribution in [0.1, 0.15) is 75.2 Å². The first-order chi connectivity index (χ1) is 16.9. The third kappa shape index (κ3) is 3.60. The molecular weight excluding hydrogens is 484 g/mol. The molecule has 2 N–H and O–H groups in total. The summed E-state index contributed by atoms with van der Waals surface area (Å²) in [5.74, 6) is 3.44. The van der Waals surface area contributed by atoms with E-state index in [4.69, 9.17) is 21.6 Å². The largest absolute Gasteiger partial charge is 0.394 e. The molecule has 0 bridgehead atoms. The van der Waals surface area contributed by atoms with Gasteiger partial charge in [0.15, 0.2) is 0 Å². The minimum atomic E-state index is -1.08. The molecule has 1 atom stereocenters. The summed E-state index contributed by atoms with van der Waals surface area (Å²) in [6, 6.07) is 0. The number of hydrogen-bond donors (Lipinski definition) is 2. The van der Waals surface area contributed by atoms with Crippen LogP contribution in [0.4, 0.5) is 11.8 Å². The van der Waals surface area contributed by atoms with Crippen molar-refractivity contribution in [2.24, 2.45) is 5.41 Å². The van der Waals surface area contributed by atoms with Gasteiger partial charge in [0.1, 0.15) is 16.5 Å². The molecule has 0 amide bonds. The highest BCUT2D eigenvalue weighted by Crippen LogP contribution is 2.57. The Labute approximate surface area is 212 Å². The maximum Gasteiger partial charge on any atom is 0.227 e. The van der Waals surface area contributed by atoms with Gasteiger partial charge in [0.05, 0.1) is 33.7 Å². The Morgan fingerprint density at radius 3 is 2.40 bits per heavy atom. The van der Waals surface area contributed by atoms with Crippen LogP contribution in [0, 0.1) is 5.41 Å². The van der Waals surface area contributed by atoms with Crippen molar-refractivity contribution in [3.63, 3.8) is 0 Å². The summed E-state index contributed by atoms with van der Waals surface area (Å²) < 4.78 is 13.1. The maximum atomic E-state index is 13.1. The highest BCUT2D eigenvalue weighted by molar-refractivity contribution is 7.85. The van der Waals surface area contributed by atoms with Crippen molar-refractivity contribution in [1.29, 1.82) is 0 Å². The molecule has 35 heavy (non-hydrogen) atoms. The van der Waals surface area contributed by atoms with Gasteiger partial charge in [0.25, 0.3) is 0 Å². The molecule has 10 heteroatoms. The van der Waals surface area contributed by atoms with Crippen LogP contribution in [0.5, 0.6) is 0 Å². The second-order valence-electron chi connectivity index (χ2n) is 11.6. The van der Waals surface area contributed by atoms with Gasteiger partial charge in [-0.15, -0.1) is 0 Å². The lowest BCUT2D eigenvalue weighted by Crippen LogP contribution is -2.58. The quantitative estimate of drug-likeness (QED) is 0.624. The van der Waals surface area contributed by atoms with Crippen molar-refractivity contribution < 1.29 is 9.32 Å². The van der Waals surface area contributed by atoms with E-state index in [1.54, 1.807) is 12.4 Å². The van der Waals surface area contributed by atoms with E-state index < -0.39 is 10.8 Å². The number of anilines is 2. The highest BCUT2D eigenvalue weighted by Gasteiger charge is 2.56. The fraction of sp³-hybridized carbons (Fsp3) is 0.680. The van der Waals surface area contributed by atoms with E-state index in [2.05, 4.69) is 20.2 Å². The Bertz CT molecular complexity index is 1180. The van der Waals surface area contributed by atoms with E-state index in [1.165, 1.54) is 0 Å². The molecule has 3 saturated carbocycles. The molecule has 0 unspecified atom stereocenters. The van der Waals surface area contributed by atoms with Crippen LogP contribution in [0.3, 0.4) is 0 Å². The molecule has 4 fully saturated rings. The van der Waals surface area contributed by atoms with Crippen LogP contribution in [0.2, 0.25) is 5.02 Å². The number of nitrogens with zero attached hydrogens (tertiary/aromatic N) is 5. The zero-order chi connectivity index (χ0) is 23.8. The molecular formula is C25H31ClN6O2S. The summed E-state index contributed by atoms with van der Waals surface area (Å²) in [6.45, 7) is 1.99. The van der Waals surface area contributed by atoms with Gasteiger partial charge in [-0.3, -0.25) is 4.21 Å². The van der Waals surface area contributed by atoms with Gasteiger partial charge >= 0.3 is 0 Å². The lowest BCUT2D eigenvalue weighted by atomic mass is 9.66. The topological polar surface area (TPSA) is 104 Å². The van der Waals surface area contributed by atoms with E-state index in [9.17, 15) is 9.32 Å². The van der Waals surface area contributed by atoms with Crippen LogP contribution in [-0.2, 0) is 16.2 Å². The standard InChI is InChI=1S/C25H31ClN6O2S/c26-17-10-27-20(28-11-17)16-2-6-23(7-3-16)12-32(13-23)22-29-19-18(35(34)15-24(19)8-9-24)21(30-22)31-25(14-33)4-1-5-25/h10-11,16,33H,1-9,12-15H2,(H,29,30,31)/t35-/m1/s1. The zero-order valence-electron chi connectivity index (χ0n) is 19.8.